The average Bonchev–Trinajstić information content (AvgIpc) is 2.69. The molecule has 1 aromatic heterocycles. The predicted octanol–water partition coefficient (Wildman–Crippen LogP) is 3.58. The molecule has 5 heteroatoms. The van der Waals surface area contributed by atoms with E-state index in [-0.39, 0.29) is 0 Å². The van der Waals surface area contributed by atoms with Gasteiger partial charge in [0.1, 0.15) is 5.75 Å². The van der Waals surface area contributed by atoms with E-state index in [9.17, 15) is 0 Å². The summed E-state index contributed by atoms with van der Waals surface area (Å²) in [4.78, 5) is 0. The Balaban J connectivity index is 2.85. The molecule has 0 bridgehead atoms. The Hall–Kier alpha value is -1.13. The molecule has 86 valence electrons. The fourth-order valence-corrected chi connectivity index (χ4v) is 2.94. The number of thiophene rings is 1. The molecular formula is C11H11ClO3S. The molecule has 1 aromatic carbocycles. The molecule has 0 saturated carbocycles. The number of fused-ring (bicyclic) bond motifs is 1. The molecule has 0 aliphatic rings. The van der Waals surface area contributed by atoms with Crippen molar-refractivity contribution in [2.75, 3.05) is 21.3 Å². The van der Waals surface area contributed by atoms with Gasteiger partial charge in [0.25, 0.3) is 0 Å². The Morgan fingerprint density at radius 2 is 1.75 bits per heavy atom. The smallest absolute Gasteiger partial charge is 0.178 e. The van der Waals surface area contributed by atoms with E-state index in [0.717, 1.165) is 10.1 Å². The van der Waals surface area contributed by atoms with Crippen LogP contribution in [0, 0.1) is 0 Å². The van der Waals surface area contributed by atoms with E-state index >= 15 is 0 Å². The summed E-state index contributed by atoms with van der Waals surface area (Å²) in [6.07, 6.45) is 0. The van der Waals surface area contributed by atoms with Crippen LogP contribution in [0.3, 0.4) is 0 Å². The first-order chi connectivity index (χ1) is 7.72. The van der Waals surface area contributed by atoms with Gasteiger partial charge < -0.3 is 14.2 Å². The maximum absolute atomic E-state index is 6.12. The van der Waals surface area contributed by atoms with Crippen molar-refractivity contribution >= 4 is 33.0 Å². The van der Waals surface area contributed by atoms with Crippen LogP contribution in [0.1, 0.15) is 0 Å². The quantitative estimate of drug-likeness (QED) is 0.842. The topological polar surface area (TPSA) is 27.7 Å². The lowest BCUT2D eigenvalue weighted by Gasteiger charge is -2.11. The van der Waals surface area contributed by atoms with Gasteiger partial charge in [-0.3, -0.25) is 0 Å². The third kappa shape index (κ3) is 1.58. The Morgan fingerprint density at radius 3 is 2.31 bits per heavy atom. The van der Waals surface area contributed by atoms with Gasteiger partial charge in [-0.1, -0.05) is 11.6 Å². The summed E-state index contributed by atoms with van der Waals surface area (Å²) in [6, 6.07) is 1.78. The lowest BCUT2D eigenvalue weighted by atomic mass is 10.2. The van der Waals surface area contributed by atoms with Gasteiger partial charge in [-0.25, -0.2) is 0 Å². The zero-order valence-electron chi connectivity index (χ0n) is 9.17. The van der Waals surface area contributed by atoms with Crippen molar-refractivity contribution < 1.29 is 14.2 Å². The van der Waals surface area contributed by atoms with Gasteiger partial charge in [0.15, 0.2) is 11.5 Å². The monoisotopic (exact) mass is 258 g/mol. The molecule has 0 saturated heterocycles. The SMILES string of the molecule is COc1cc(OC)c2c(Cl)csc2c1OC. The van der Waals surface area contributed by atoms with E-state index in [1.54, 1.807) is 27.4 Å². The zero-order valence-corrected chi connectivity index (χ0v) is 10.7. The summed E-state index contributed by atoms with van der Waals surface area (Å²) in [6.45, 7) is 0. The van der Waals surface area contributed by atoms with Crippen molar-refractivity contribution in [3.05, 3.63) is 16.5 Å². The van der Waals surface area contributed by atoms with E-state index in [2.05, 4.69) is 0 Å². The van der Waals surface area contributed by atoms with Gasteiger partial charge in [-0.2, -0.15) is 0 Å². The molecule has 3 nitrogen and oxygen atoms in total. The van der Waals surface area contributed by atoms with Gasteiger partial charge in [0, 0.05) is 11.4 Å². The van der Waals surface area contributed by atoms with Crippen LogP contribution in [-0.2, 0) is 0 Å². The van der Waals surface area contributed by atoms with Gasteiger partial charge in [0.05, 0.1) is 36.4 Å². The van der Waals surface area contributed by atoms with Crippen LogP contribution in [0.5, 0.6) is 17.2 Å². The number of ether oxygens (including phenoxy) is 3. The molecule has 2 rings (SSSR count). The fourth-order valence-electron chi connectivity index (χ4n) is 1.61. The lowest BCUT2D eigenvalue weighted by Crippen LogP contribution is -1.92. The molecule has 0 unspecified atom stereocenters. The highest BCUT2D eigenvalue weighted by molar-refractivity contribution is 7.18. The summed E-state index contributed by atoms with van der Waals surface area (Å²) in [5, 5.41) is 3.39. The van der Waals surface area contributed by atoms with E-state index in [0.29, 0.717) is 22.3 Å². The largest absolute Gasteiger partial charge is 0.496 e. The van der Waals surface area contributed by atoms with Crippen LogP contribution in [0.15, 0.2) is 11.4 Å². The number of rotatable bonds is 3. The fraction of sp³-hybridized carbons (Fsp3) is 0.273. The molecule has 16 heavy (non-hydrogen) atoms. The Kier molecular flexibility index (Phi) is 3.12. The van der Waals surface area contributed by atoms with Crippen molar-refractivity contribution in [2.24, 2.45) is 0 Å². The maximum atomic E-state index is 6.12. The summed E-state index contributed by atoms with van der Waals surface area (Å²) in [5.41, 5.74) is 0. The van der Waals surface area contributed by atoms with Gasteiger partial charge >= 0.3 is 0 Å². The first kappa shape index (κ1) is 11.4. The minimum Gasteiger partial charge on any atom is -0.496 e. The summed E-state index contributed by atoms with van der Waals surface area (Å²) >= 11 is 7.62. The highest BCUT2D eigenvalue weighted by Gasteiger charge is 2.17. The molecule has 0 N–H and O–H groups in total. The van der Waals surface area contributed by atoms with Crippen LogP contribution >= 0.6 is 22.9 Å². The van der Waals surface area contributed by atoms with Gasteiger partial charge in [-0.15, -0.1) is 11.3 Å². The summed E-state index contributed by atoms with van der Waals surface area (Å²) < 4.78 is 16.8. The number of hydrogen-bond acceptors (Lipinski definition) is 4. The van der Waals surface area contributed by atoms with Crippen molar-refractivity contribution in [1.82, 2.24) is 0 Å². The van der Waals surface area contributed by atoms with Gasteiger partial charge in [0.2, 0.25) is 0 Å². The second kappa shape index (κ2) is 4.39. The average molecular weight is 259 g/mol. The Morgan fingerprint density at radius 1 is 1.06 bits per heavy atom. The minimum atomic E-state index is 0.644. The van der Waals surface area contributed by atoms with E-state index in [4.69, 9.17) is 25.8 Å². The number of methoxy groups -OCH3 is 3. The molecule has 0 aliphatic carbocycles. The van der Waals surface area contributed by atoms with Crippen LogP contribution < -0.4 is 14.2 Å². The van der Waals surface area contributed by atoms with Gasteiger partial charge in [-0.05, 0) is 0 Å². The third-order valence-corrected chi connectivity index (χ3v) is 3.73. The number of hydrogen-bond donors (Lipinski definition) is 0. The molecule has 0 atom stereocenters. The molecule has 0 aliphatic heterocycles. The molecule has 0 fully saturated rings. The van der Waals surface area contributed by atoms with Crippen LogP contribution in [0.25, 0.3) is 10.1 Å². The molecule has 2 aromatic rings. The minimum absolute atomic E-state index is 0.644. The van der Waals surface area contributed by atoms with Crippen LogP contribution in [0.2, 0.25) is 5.02 Å². The van der Waals surface area contributed by atoms with Crippen LogP contribution in [-0.4, -0.2) is 21.3 Å². The summed E-state index contributed by atoms with van der Waals surface area (Å²) in [5.74, 6) is 2.03. The number of halogens is 1. The maximum Gasteiger partial charge on any atom is 0.178 e. The number of benzene rings is 1. The molecule has 1 heterocycles. The zero-order chi connectivity index (χ0) is 11.7. The standard InChI is InChI=1S/C11H11ClO3S/c1-13-7-4-8(14-2)10(15-3)11-9(7)6(12)5-16-11/h4-5H,1-3H3. The normalized spacial score (nSPS) is 10.5. The van der Waals surface area contributed by atoms with E-state index in [1.165, 1.54) is 11.3 Å². The lowest BCUT2D eigenvalue weighted by molar-refractivity contribution is 0.354. The molecule has 0 spiro atoms. The van der Waals surface area contributed by atoms with E-state index in [1.807, 2.05) is 5.38 Å². The second-order valence-electron chi connectivity index (χ2n) is 3.10. The highest BCUT2D eigenvalue weighted by atomic mass is 35.5. The Bertz CT molecular complexity index is 521. The predicted molar refractivity (Wildman–Crippen MR) is 66.5 cm³/mol. The van der Waals surface area contributed by atoms with Crippen LogP contribution in [0.4, 0.5) is 0 Å². The van der Waals surface area contributed by atoms with Crippen molar-refractivity contribution in [2.45, 2.75) is 0 Å². The molecule has 0 amide bonds. The van der Waals surface area contributed by atoms with Crippen molar-refractivity contribution in [3.63, 3.8) is 0 Å². The first-order valence-corrected chi connectivity index (χ1v) is 5.84. The molecule has 0 radical (unpaired) electrons. The van der Waals surface area contributed by atoms with Crippen molar-refractivity contribution in [3.8, 4) is 17.2 Å². The first-order valence-electron chi connectivity index (χ1n) is 4.58. The van der Waals surface area contributed by atoms with Crippen molar-refractivity contribution in [1.29, 1.82) is 0 Å². The van der Waals surface area contributed by atoms with E-state index < -0.39 is 0 Å². The summed E-state index contributed by atoms with van der Waals surface area (Å²) in [7, 11) is 4.81. The Labute approximate surface area is 102 Å². The molecular weight excluding hydrogens is 248 g/mol. The highest BCUT2D eigenvalue weighted by Crippen LogP contribution is 2.47. The third-order valence-electron chi connectivity index (χ3n) is 2.33. The second-order valence-corrected chi connectivity index (χ2v) is 4.39.